The van der Waals surface area contributed by atoms with Crippen molar-refractivity contribution in [3.8, 4) is 17.2 Å². The number of hydrogen-bond donors (Lipinski definition) is 3. The summed E-state index contributed by atoms with van der Waals surface area (Å²) >= 11 is 0. The minimum absolute atomic E-state index is 0.0184. The minimum atomic E-state index is -0.267. The van der Waals surface area contributed by atoms with Crippen LogP contribution in [0.3, 0.4) is 0 Å². The molecule has 3 aromatic rings. The first-order valence-corrected chi connectivity index (χ1v) is 8.92. The van der Waals surface area contributed by atoms with Gasteiger partial charge in [0.1, 0.15) is 11.5 Å². The molecule has 2 atom stereocenters. The highest BCUT2D eigenvalue weighted by Gasteiger charge is 2.24. The fourth-order valence-electron chi connectivity index (χ4n) is 3.46. The number of benzene rings is 2. The average Bonchev–Trinajstić information content (AvgIpc) is 3.32. The Morgan fingerprint density at radius 1 is 1.19 bits per heavy atom. The second-order valence-corrected chi connectivity index (χ2v) is 6.87. The van der Waals surface area contributed by atoms with Gasteiger partial charge in [-0.25, -0.2) is 4.39 Å². The molecule has 4 rings (SSSR count). The summed E-state index contributed by atoms with van der Waals surface area (Å²) in [5.74, 6) is -0.418. The van der Waals surface area contributed by atoms with Gasteiger partial charge < -0.3 is 15.6 Å². The first-order valence-electron chi connectivity index (χ1n) is 8.92. The molecule has 3 N–H and O–H groups in total. The lowest BCUT2D eigenvalue weighted by molar-refractivity contribution is 0.0946. The average molecular weight is 362 g/mol. The second kappa shape index (κ2) is 7.22. The van der Waals surface area contributed by atoms with E-state index < -0.39 is 0 Å². The number of nitrogens with one attached hydrogen (secondary N) is 3. The van der Waals surface area contributed by atoms with Gasteiger partial charge >= 0.3 is 0 Å². The molecule has 1 aliphatic heterocycles. The first kappa shape index (κ1) is 17.3. The number of aromatic amines is 1. The van der Waals surface area contributed by atoms with Crippen LogP contribution in [-0.2, 0) is 0 Å². The largest absolute Gasteiger partial charge is 0.351 e. The molecular weight excluding hydrogens is 343 g/mol. The molecule has 0 spiro atoms. The Bertz CT molecular complexity index is 1020. The van der Waals surface area contributed by atoms with Crippen LogP contribution in [0.4, 0.5) is 4.39 Å². The summed E-state index contributed by atoms with van der Waals surface area (Å²) in [6, 6.07) is 16.4. The van der Waals surface area contributed by atoms with Crippen LogP contribution in [0, 0.1) is 23.1 Å². The van der Waals surface area contributed by atoms with Gasteiger partial charge in [-0.1, -0.05) is 24.3 Å². The van der Waals surface area contributed by atoms with Crippen molar-refractivity contribution in [3.63, 3.8) is 0 Å². The molecular formula is C21H19FN4O. The maximum absolute atomic E-state index is 13.1. The Kier molecular flexibility index (Phi) is 4.61. The zero-order chi connectivity index (χ0) is 18.8. The van der Waals surface area contributed by atoms with Crippen molar-refractivity contribution in [1.29, 1.82) is 5.26 Å². The van der Waals surface area contributed by atoms with Crippen LogP contribution in [0.2, 0.25) is 0 Å². The van der Waals surface area contributed by atoms with Gasteiger partial charge in [0.15, 0.2) is 0 Å². The van der Waals surface area contributed by atoms with Gasteiger partial charge in [-0.05, 0) is 41.8 Å². The smallest absolute Gasteiger partial charge is 0.267 e. The van der Waals surface area contributed by atoms with Crippen molar-refractivity contribution in [2.24, 2.45) is 5.92 Å². The molecule has 0 aliphatic carbocycles. The molecule has 27 heavy (non-hydrogen) atoms. The molecule has 6 heteroatoms. The zero-order valence-corrected chi connectivity index (χ0v) is 14.6. The molecule has 2 heterocycles. The van der Waals surface area contributed by atoms with E-state index in [1.165, 1.54) is 12.1 Å². The van der Waals surface area contributed by atoms with Crippen molar-refractivity contribution in [3.05, 3.63) is 60.0 Å². The van der Waals surface area contributed by atoms with Gasteiger partial charge in [0.25, 0.3) is 5.91 Å². The monoisotopic (exact) mass is 362 g/mol. The topological polar surface area (TPSA) is 80.7 Å². The minimum Gasteiger partial charge on any atom is -0.351 e. The molecule has 1 aromatic heterocycles. The van der Waals surface area contributed by atoms with Crippen molar-refractivity contribution in [1.82, 2.24) is 15.6 Å². The highest BCUT2D eigenvalue weighted by Crippen LogP contribution is 2.25. The normalized spacial score (nSPS) is 19.1. The van der Waals surface area contributed by atoms with Crippen LogP contribution in [-0.4, -0.2) is 30.0 Å². The molecule has 5 nitrogen and oxygen atoms in total. The maximum Gasteiger partial charge on any atom is 0.267 e. The second-order valence-electron chi connectivity index (χ2n) is 6.87. The molecule has 1 amide bonds. The third kappa shape index (κ3) is 3.69. The summed E-state index contributed by atoms with van der Waals surface area (Å²) in [6.07, 6.45) is 0.754. The number of carbonyl (C=O) groups is 1. The van der Waals surface area contributed by atoms with E-state index in [0.717, 1.165) is 28.5 Å². The van der Waals surface area contributed by atoms with Gasteiger partial charge in [0, 0.05) is 30.0 Å². The summed E-state index contributed by atoms with van der Waals surface area (Å²) < 4.78 is 13.1. The Morgan fingerprint density at radius 2 is 1.96 bits per heavy atom. The number of amides is 1. The van der Waals surface area contributed by atoms with Gasteiger partial charge in [-0.15, -0.1) is 0 Å². The number of carbonyl (C=O) groups excluding carboxylic acids is 1. The Labute approximate surface area is 156 Å². The van der Waals surface area contributed by atoms with Crippen molar-refractivity contribution in [2.75, 3.05) is 13.1 Å². The van der Waals surface area contributed by atoms with E-state index >= 15 is 0 Å². The summed E-state index contributed by atoms with van der Waals surface area (Å²) in [7, 11) is 0. The quantitative estimate of drug-likeness (QED) is 0.667. The molecule has 136 valence electrons. The van der Waals surface area contributed by atoms with Gasteiger partial charge in [0.05, 0.1) is 12.0 Å². The fraction of sp³-hybridized carbons (Fsp3) is 0.238. The summed E-state index contributed by atoms with van der Waals surface area (Å²) in [4.78, 5) is 15.6. The predicted octanol–water partition coefficient (Wildman–Crippen LogP) is 3.21. The van der Waals surface area contributed by atoms with Gasteiger partial charge in [0.2, 0.25) is 0 Å². The van der Waals surface area contributed by atoms with E-state index in [4.69, 9.17) is 5.26 Å². The Balaban J connectivity index is 1.47. The van der Waals surface area contributed by atoms with Gasteiger partial charge in [-0.3, -0.25) is 4.79 Å². The van der Waals surface area contributed by atoms with E-state index in [0.29, 0.717) is 18.8 Å². The standard InChI is InChI=1S/C21H19FN4O/c22-17-5-3-14(4-6-17)15-1-2-16-9-20(26-19(16)8-15)21(27)25-12-18-7-13(10-23)11-24-18/h1-6,8-9,13,18,24,26H,7,11-12H2,(H,25,27). The summed E-state index contributed by atoms with van der Waals surface area (Å²) in [5, 5.41) is 16.0. The highest BCUT2D eigenvalue weighted by molar-refractivity contribution is 5.98. The lowest BCUT2D eigenvalue weighted by Crippen LogP contribution is -2.37. The van der Waals surface area contributed by atoms with Crippen molar-refractivity contribution >= 4 is 16.8 Å². The number of halogens is 1. The van der Waals surface area contributed by atoms with Crippen LogP contribution >= 0.6 is 0 Å². The fourth-order valence-corrected chi connectivity index (χ4v) is 3.46. The molecule has 0 bridgehead atoms. The van der Waals surface area contributed by atoms with Crippen LogP contribution in [0.15, 0.2) is 48.5 Å². The molecule has 2 aromatic carbocycles. The predicted molar refractivity (Wildman–Crippen MR) is 102 cm³/mol. The van der Waals surface area contributed by atoms with E-state index in [2.05, 4.69) is 21.7 Å². The van der Waals surface area contributed by atoms with Gasteiger partial charge in [-0.2, -0.15) is 5.26 Å². The lowest BCUT2D eigenvalue weighted by Gasteiger charge is -2.10. The van der Waals surface area contributed by atoms with E-state index in [9.17, 15) is 9.18 Å². The molecule has 0 radical (unpaired) electrons. The number of nitriles is 1. The lowest BCUT2D eigenvalue weighted by atomic mass is 10.0. The molecule has 1 saturated heterocycles. The Hall–Kier alpha value is -3.17. The SMILES string of the molecule is N#CC1CNC(CNC(=O)c2cc3ccc(-c4ccc(F)cc4)cc3[nH]2)C1. The summed E-state index contributed by atoms with van der Waals surface area (Å²) in [5.41, 5.74) is 3.22. The van der Waals surface area contributed by atoms with Crippen LogP contribution in [0.25, 0.3) is 22.0 Å². The molecule has 2 unspecified atom stereocenters. The Morgan fingerprint density at radius 3 is 2.70 bits per heavy atom. The third-order valence-electron chi connectivity index (χ3n) is 4.96. The van der Waals surface area contributed by atoms with E-state index in [1.54, 1.807) is 12.1 Å². The zero-order valence-electron chi connectivity index (χ0n) is 14.6. The number of rotatable bonds is 4. The number of hydrogen-bond acceptors (Lipinski definition) is 3. The molecule has 1 aliphatic rings. The number of nitrogens with zero attached hydrogens (tertiary/aromatic N) is 1. The number of fused-ring (bicyclic) bond motifs is 1. The van der Waals surface area contributed by atoms with Crippen LogP contribution in [0.1, 0.15) is 16.9 Å². The van der Waals surface area contributed by atoms with Crippen LogP contribution in [0.5, 0.6) is 0 Å². The van der Waals surface area contributed by atoms with E-state index in [-0.39, 0.29) is 23.7 Å². The van der Waals surface area contributed by atoms with Crippen molar-refractivity contribution < 1.29 is 9.18 Å². The molecule has 0 saturated carbocycles. The maximum atomic E-state index is 13.1. The third-order valence-corrected chi connectivity index (χ3v) is 4.96. The van der Waals surface area contributed by atoms with Crippen molar-refractivity contribution in [2.45, 2.75) is 12.5 Å². The first-order chi connectivity index (χ1) is 13.1. The highest BCUT2D eigenvalue weighted by atomic mass is 19.1. The molecule has 1 fully saturated rings. The van der Waals surface area contributed by atoms with Crippen LogP contribution < -0.4 is 10.6 Å². The number of aromatic nitrogens is 1. The number of H-pyrrole nitrogens is 1. The summed E-state index contributed by atoms with van der Waals surface area (Å²) in [6.45, 7) is 1.17. The van der Waals surface area contributed by atoms with E-state index in [1.807, 2.05) is 24.3 Å².